The highest BCUT2D eigenvalue weighted by Crippen LogP contribution is 2.54. The number of para-hydroxylation sites is 1. The highest BCUT2D eigenvalue weighted by Gasteiger charge is 2.50. The average Bonchev–Trinajstić information content (AvgIpc) is 3.01. The first-order chi connectivity index (χ1) is 21.3. The minimum atomic E-state index is -1.22. The summed E-state index contributed by atoms with van der Waals surface area (Å²) in [5, 5.41) is 12.8. The van der Waals surface area contributed by atoms with Gasteiger partial charge in [0.15, 0.2) is 0 Å². The first-order valence-electron chi connectivity index (χ1n) is 16.8. The summed E-state index contributed by atoms with van der Waals surface area (Å²) >= 11 is 0. The lowest BCUT2D eigenvalue weighted by molar-refractivity contribution is -0.129. The number of anilines is 1. The van der Waals surface area contributed by atoms with Crippen molar-refractivity contribution in [2.24, 2.45) is 23.7 Å². The van der Waals surface area contributed by atoms with Crippen LogP contribution in [0.5, 0.6) is 0 Å². The van der Waals surface area contributed by atoms with Gasteiger partial charge in [-0.3, -0.25) is 9.59 Å². The monoisotopic (exact) mass is 600 g/mol. The number of rotatable bonds is 11. The van der Waals surface area contributed by atoms with E-state index < -0.39 is 11.6 Å². The molecule has 44 heavy (non-hydrogen) atoms. The summed E-state index contributed by atoms with van der Waals surface area (Å²) in [5.41, 5.74) is 2.03. The molecular formula is C36H48N4O4. The van der Waals surface area contributed by atoms with E-state index in [1.165, 1.54) is 12.0 Å². The number of hydrogen-bond acceptors (Lipinski definition) is 5. The predicted octanol–water partition coefficient (Wildman–Crippen LogP) is 5.89. The van der Waals surface area contributed by atoms with Gasteiger partial charge >= 0.3 is 6.09 Å². The number of nitrogens with one attached hydrogen (secondary N) is 4. The average molecular weight is 601 g/mol. The number of fused-ring (bicyclic) bond motifs is 1. The SMILES string of the molecule is CCCC(=O)NC(CNC(=O)C(C)(CC1CCc2ccccc2N1)NC(=O)OC1C2CC3CC(C2)CC1C3)c1ccccc1. The maximum atomic E-state index is 14.1. The van der Waals surface area contributed by atoms with Gasteiger partial charge in [-0.2, -0.15) is 0 Å². The molecule has 0 saturated heterocycles. The normalized spacial score (nSPS) is 28.5. The maximum absolute atomic E-state index is 14.1. The molecule has 0 radical (unpaired) electrons. The molecule has 4 fully saturated rings. The lowest BCUT2D eigenvalue weighted by atomic mass is 9.55. The van der Waals surface area contributed by atoms with Crippen molar-refractivity contribution in [3.05, 3.63) is 65.7 Å². The number of alkyl carbamates (subject to hydrolysis) is 1. The van der Waals surface area contributed by atoms with Gasteiger partial charge in [0, 0.05) is 24.7 Å². The second kappa shape index (κ2) is 13.2. The fraction of sp³-hybridized carbons (Fsp3) is 0.583. The molecule has 4 aliphatic carbocycles. The molecule has 1 aliphatic heterocycles. The topological polar surface area (TPSA) is 109 Å². The van der Waals surface area contributed by atoms with Crippen molar-refractivity contribution in [3.63, 3.8) is 0 Å². The van der Waals surface area contributed by atoms with E-state index in [-0.39, 0.29) is 36.5 Å². The molecular weight excluding hydrogens is 552 g/mol. The zero-order valence-corrected chi connectivity index (χ0v) is 26.1. The standard InChI is InChI=1S/C36H48N4O4/c1-3-9-32(41)39-31(25-10-5-4-6-11-25)22-37-34(42)36(2,21-29-15-14-26-12-7-8-13-30(26)38-29)40-35(43)44-33-27-17-23-16-24(19-27)20-28(33)18-23/h4-8,10-13,23-24,27-29,31,33,38H,3,9,14-22H2,1-2H3,(H,37,42)(H,39,41)(H,40,43). The van der Waals surface area contributed by atoms with Crippen LogP contribution in [0.4, 0.5) is 10.5 Å². The Bertz CT molecular complexity index is 1300. The maximum Gasteiger partial charge on any atom is 0.408 e. The number of amides is 3. The number of aryl methyl sites for hydroxylation is 1. The molecule has 4 saturated carbocycles. The van der Waals surface area contributed by atoms with Crippen LogP contribution in [0.3, 0.4) is 0 Å². The third-order valence-corrected chi connectivity index (χ3v) is 10.5. The molecule has 3 atom stereocenters. The van der Waals surface area contributed by atoms with Crippen LogP contribution in [0.2, 0.25) is 0 Å². The Kier molecular flexibility index (Phi) is 9.15. The first kappa shape index (κ1) is 30.5. The van der Waals surface area contributed by atoms with Crippen molar-refractivity contribution >= 4 is 23.6 Å². The molecule has 2 aromatic carbocycles. The molecule has 0 spiro atoms. The summed E-state index contributed by atoms with van der Waals surface area (Å²) in [6.07, 6.45) is 8.70. The quantitative estimate of drug-likeness (QED) is 0.257. The molecule has 236 valence electrons. The summed E-state index contributed by atoms with van der Waals surface area (Å²) in [6.45, 7) is 3.98. The van der Waals surface area contributed by atoms with Crippen LogP contribution in [-0.4, -0.2) is 42.1 Å². The largest absolute Gasteiger partial charge is 0.446 e. The molecule has 1 heterocycles. The van der Waals surface area contributed by atoms with E-state index in [1.807, 2.05) is 49.4 Å². The van der Waals surface area contributed by atoms with Crippen LogP contribution < -0.4 is 21.3 Å². The minimum Gasteiger partial charge on any atom is -0.446 e. The minimum absolute atomic E-state index is 0.00343. The molecule has 0 aromatic heterocycles. The second-order valence-electron chi connectivity index (χ2n) is 14.0. The molecule has 7 rings (SSSR count). The summed E-state index contributed by atoms with van der Waals surface area (Å²) in [4.78, 5) is 40.2. The molecule has 3 amide bonds. The van der Waals surface area contributed by atoms with Crippen molar-refractivity contribution in [1.82, 2.24) is 16.0 Å². The lowest BCUT2D eigenvalue weighted by Gasteiger charge is -2.53. The van der Waals surface area contributed by atoms with Gasteiger partial charge in [-0.25, -0.2) is 4.79 Å². The zero-order chi connectivity index (χ0) is 30.7. The molecule has 5 aliphatic rings. The Morgan fingerprint density at radius 1 is 0.955 bits per heavy atom. The number of carbonyl (C=O) groups is 3. The smallest absolute Gasteiger partial charge is 0.408 e. The fourth-order valence-electron chi connectivity index (χ4n) is 8.61. The van der Waals surface area contributed by atoms with Gasteiger partial charge in [0.05, 0.1) is 6.04 Å². The van der Waals surface area contributed by atoms with Gasteiger partial charge in [0.2, 0.25) is 11.8 Å². The Morgan fingerprint density at radius 2 is 1.64 bits per heavy atom. The summed E-state index contributed by atoms with van der Waals surface area (Å²) in [6, 6.07) is 17.5. The van der Waals surface area contributed by atoms with Crippen LogP contribution in [-0.2, 0) is 20.7 Å². The van der Waals surface area contributed by atoms with Crippen molar-refractivity contribution < 1.29 is 19.1 Å². The van der Waals surface area contributed by atoms with E-state index in [1.54, 1.807) is 6.92 Å². The highest BCUT2D eigenvalue weighted by atomic mass is 16.6. The van der Waals surface area contributed by atoms with E-state index in [2.05, 4.69) is 33.4 Å². The molecule has 3 unspecified atom stereocenters. The molecule has 4 N–H and O–H groups in total. The van der Waals surface area contributed by atoms with Gasteiger partial charge < -0.3 is 26.0 Å². The third-order valence-electron chi connectivity index (χ3n) is 10.5. The van der Waals surface area contributed by atoms with Crippen LogP contribution >= 0.6 is 0 Å². The summed E-state index contributed by atoms with van der Waals surface area (Å²) in [5.74, 6) is 2.10. The Morgan fingerprint density at radius 3 is 2.34 bits per heavy atom. The molecule has 4 bridgehead atoms. The van der Waals surface area contributed by atoms with Crippen LogP contribution in [0.25, 0.3) is 0 Å². The Hall–Kier alpha value is -3.55. The van der Waals surface area contributed by atoms with Crippen molar-refractivity contribution in [2.75, 3.05) is 11.9 Å². The van der Waals surface area contributed by atoms with Crippen LogP contribution in [0.1, 0.15) is 88.8 Å². The number of hydrogen-bond donors (Lipinski definition) is 4. The van der Waals surface area contributed by atoms with Crippen LogP contribution in [0, 0.1) is 23.7 Å². The van der Waals surface area contributed by atoms with Gasteiger partial charge in [-0.1, -0.05) is 55.5 Å². The second-order valence-corrected chi connectivity index (χ2v) is 14.0. The molecule has 8 nitrogen and oxygen atoms in total. The van der Waals surface area contributed by atoms with E-state index in [0.717, 1.165) is 68.0 Å². The van der Waals surface area contributed by atoms with Gasteiger partial charge in [-0.05, 0) is 106 Å². The van der Waals surface area contributed by atoms with Crippen LogP contribution in [0.15, 0.2) is 54.6 Å². The van der Waals surface area contributed by atoms with Gasteiger partial charge in [0.1, 0.15) is 11.6 Å². The molecule has 2 aromatic rings. The number of benzene rings is 2. The van der Waals surface area contributed by atoms with E-state index in [9.17, 15) is 14.4 Å². The van der Waals surface area contributed by atoms with E-state index in [4.69, 9.17) is 4.74 Å². The van der Waals surface area contributed by atoms with E-state index in [0.29, 0.717) is 24.7 Å². The van der Waals surface area contributed by atoms with E-state index >= 15 is 0 Å². The predicted molar refractivity (Wildman–Crippen MR) is 171 cm³/mol. The first-order valence-corrected chi connectivity index (χ1v) is 16.8. The highest BCUT2D eigenvalue weighted by molar-refractivity contribution is 5.90. The van der Waals surface area contributed by atoms with Crippen molar-refractivity contribution in [2.45, 2.75) is 102 Å². The van der Waals surface area contributed by atoms with Crippen molar-refractivity contribution in [3.8, 4) is 0 Å². The zero-order valence-electron chi connectivity index (χ0n) is 26.1. The van der Waals surface area contributed by atoms with Gasteiger partial charge in [0.25, 0.3) is 0 Å². The Labute approximate surface area is 261 Å². The summed E-state index contributed by atoms with van der Waals surface area (Å²) < 4.78 is 6.19. The molecule has 8 heteroatoms. The third kappa shape index (κ3) is 6.89. The summed E-state index contributed by atoms with van der Waals surface area (Å²) in [7, 11) is 0. The van der Waals surface area contributed by atoms with Gasteiger partial charge in [-0.15, -0.1) is 0 Å². The van der Waals surface area contributed by atoms with Crippen molar-refractivity contribution in [1.29, 1.82) is 0 Å². The lowest BCUT2D eigenvalue weighted by Crippen LogP contribution is -2.61. The fourth-order valence-corrected chi connectivity index (χ4v) is 8.61. The number of ether oxygens (including phenoxy) is 1. The Balaban J connectivity index is 1.16. The number of carbonyl (C=O) groups excluding carboxylic acids is 3.